The molecule has 0 bridgehead atoms. The fourth-order valence-corrected chi connectivity index (χ4v) is 2.01. The minimum atomic E-state index is -1.05. The predicted octanol–water partition coefficient (Wildman–Crippen LogP) is 2.58. The molecule has 0 aliphatic heterocycles. The highest BCUT2D eigenvalue weighted by Crippen LogP contribution is 2.13. The molecule has 2 N–H and O–H groups in total. The van der Waals surface area contributed by atoms with Crippen molar-refractivity contribution >= 4 is 11.9 Å². The summed E-state index contributed by atoms with van der Waals surface area (Å²) in [6.07, 6.45) is 0. The maximum absolute atomic E-state index is 12.1. The number of carbonyl (C=O) groups is 2. The molecule has 108 valence electrons. The molecule has 0 saturated carbocycles. The summed E-state index contributed by atoms with van der Waals surface area (Å²) in [5.41, 5.74) is 1.62. The van der Waals surface area contributed by atoms with Gasteiger partial charge in [-0.25, -0.2) is 9.78 Å². The molecule has 1 aromatic carbocycles. The van der Waals surface area contributed by atoms with Crippen LogP contribution in [0.5, 0.6) is 0 Å². The number of amides is 1. The normalized spacial score (nSPS) is 11.7. The maximum Gasteiger partial charge on any atom is 0.337 e. The van der Waals surface area contributed by atoms with Crippen molar-refractivity contribution in [1.29, 1.82) is 0 Å². The molecule has 21 heavy (non-hydrogen) atoms. The molecule has 1 atom stereocenters. The van der Waals surface area contributed by atoms with Crippen LogP contribution in [-0.2, 0) is 0 Å². The molecule has 0 spiro atoms. The fourth-order valence-electron chi connectivity index (χ4n) is 2.01. The average Bonchev–Trinajstić information content (AvgIpc) is 2.47. The number of nitrogens with one attached hydrogen (secondary N) is 1. The highest BCUT2D eigenvalue weighted by atomic mass is 16.4. The summed E-state index contributed by atoms with van der Waals surface area (Å²) in [7, 11) is 0. The van der Waals surface area contributed by atoms with Gasteiger partial charge in [-0.1, -0.05) is 30.3 Å². The van der Waals surface area contributed by atoms with Crippen LogP contribution in [0.25, 0.3) is 0 Å². The number of carboxylic acids is 1. The zero-order valence-corrected chi connectivity index (χ0v) is 11.8. The lowest BCUT2D eigenvalue weighted by Gasteiger charge is -2.14. The highest BCUT2D eigenvalue weighted by Gasteiger charge is 2.15. The van der Waals surface area contributed by atoms with Gasteiger partial charge in [0.2, 0.25) is 0 Å². The highest BCUT2D eigenvalue weighted by molar-refractivity contribution is 5.94. The number of nitrogens with zero attached hydrogens (tertiary/aromatic N) is 1. The topological polar surface area (TPSA) is 79.3 Å². The minimum Gasteiger partial charge on any atom is -0.478 e. The number of aromatic nitrogens is 1. The van der Waals surface area contributed by atoms with Crippen molar-refractivity contribution in [1.82, 2.24) is 10.3 Å². The Labute approximate surface area is 122 Å². The van der Waals surface area contributed by atoms with E-state index in [9.17, 15) is 9.59 Å². The second-order valence-electron chi connectivity index (χ2n) is 4.74. The molecule has 1 aromatic heterocycles. The Balaban J connectivity index is 2.14. The summed E-state index contributed by atoms with van der Waals surface area (Å²) in [4.78, 5) is 27.1. The number of hydrogen-bond donors (Lipinski definition) is 2. The van der Waals surface area contributed by atoms with E-state index < -0.39 is 5.97 Å². The number of carboxylic acid groups (broad SMARTS) is 1. The van der Waals surface area contributed by atoms with Crippen molar-refractivity contribution in [3.8, 4) is 0 Å². The molecule has 0 saturated heterocycles. The smallest absolute Gasteiger partial charge is 0.337 e. The van der Waals surface area contributed by atoms with E-state index in [4.69, 9.17) is 5.11 Å². The Morgan fingerprint density at radius 3 is 2.38 bits per heavy atom. The largest absolute Gasteiger partial charge is 0.478 e. The van der Waals surface area contributed by atoms with Gasteiger partial charge in [-0.2, -0.15) is 0 Å². The van der Waals surface area contributed by atoms with Gasteiger partial charge >= 0.3 is 5.97 Å². The zero-order chi connectivity index (χ0) is 15.4. The number of hydrogen-bond acceptors (Lipinski definition) is 3. The van der Waals surface area contributed by atoms with E-state index in [0.717, 1.165) is 5.56 Å². The van der Waals surface area contributed by atoms with E-state index in [0.29, 0.717) is 5.69 Å². The van der Waals surface area contributed by atoms with Gasteiger partial charge in [-0.05, 0) is 31.5 Å². The second kappa shape index (κ2) is 6.17. The Morgan fingerprint density at radius 1 is 1.14 bits per heavy atom. The maximum atomic E-state index is 12.1. The molecule has 0 radical (unpaired) electrons. The third-order valence-corrected chi connectivity index (χ3v) is 3.20. The van der Waals surface area contributed by atoms with E-state index in [2.05, 4.69) is 10.3 Å². The van der Waals surface area contributed by atoms with E-state index in [1.807, 2.05) is 37.3 Å². The van der Waals surface area contributed by atoms with E-state index in [-0.39, 0.29) is 23.2 Å². The SMILES string of the molecule is Cc1nc(C(=O)NC(C)c2ccccc2)ccc1C(=O)O. The Bertz CT molecular complexity index is 668. The third-order valence-electron chi connectivity index (χ3n) is 3.20. The van der Waals surface area contributed by atoms with Gasteiger partial charge in [0.25, 0.3) is 5.91 Å². The first kappa shape index (κ1) is 14.7. The Hall–Kier alpha value is -2.69. The molecule has 5 nitrogen and oxygen atoms in total. The molecular formula is C16H16N2O3. The fraction of sp³-hybridized carbons (Fsp3) is 0.188. The number of pyridine rings is 1. The predicted molar refractivity (Wildman–Crippen MR) is 78.3 cm³/mol. The van der Waals surface area contributed by atoms with Crippen LogP contribution in [0.15, 0.2) is 42.5 Å². The van der Waals surface area contributed by atoms with Gasteiger partial charge in [0.05, 0.1) is 17.3 Å². The molecule has 5 heteroatoms. The number of benzene rings is 1. The van der Waals surface area contributed by atoms with Crippen molar-refractivity contribution in [2.75, 3.05) is 0 Å². The summed E-state index contributed by atoms with van der Waals surface area (Å²) >= 11 is 0. The van der Waals surface area contributed by atoms with E-state index in [1.54, 1.807) is 6.92 Å². The summed E-state index contributed by atoms with van der Waals surface area (Å²) in [5, 5.41) is 11.8. The van der Waals surface area contributed by atoms with Gasteiger partial charge in [0.1, 0.15) is 5.69 Å². The number of aromatic carboxylic acids is 1. The van der Waals surface area contributed by atoms with Crippen LogP contribution in [0.1, 0.15) is 45.1 Å². The molecule has 0 aliphatic carbocycles. The number of aryl methyl sites for hydroxylation is 1. The van der Waals surface area contributed by atoms with Crippen LogP contribution in [0.3, 0.4) is 0 Å². The van der Waals surface area contributed by atoms with Crippen LogP contribution < -0.4 is 5.32 Å². The van der Waals surface area contributed by atoms with Crippen molar-refractivity contribution in [3.05, 3.63) is 65.0 Å². The van der Waals surface area contributed by atoms with E-state index in [1.165, 1.54) is 12.1 Å². The van der Waals surface area contributed by atoms with Crippen molar-refractivity contribution in [2.24, 2.45) is 0 Å². The molecule has 1 amide bonds. The first-order valence-electron chi connectivity index (χ1n) is 6.56. The Morgan fingerprint density at radius 2 is 1.81 bits per heavy atom. The van der Waals surface area contributed by atoms with Crippen molar-refractivity contribution in [2.45, 2.75) is 19.9 Å². The number of carbonyl (C=O) groups excluding carboxylic acids is 1. The first-order chi connectivity index (χ1) is 9.99. The lowest BCUT2D eigenvalue weighted by atomic mass is 10.1. The second-order valence-corrected chi connectivity index (χ2v) is 4.74. The molecule has 1 unspecified atom stereocenters. The van der Waals surface area contributed by atoms with Gasteiger partial charge in [-0.3, -0.25) is 4.79 Å². The molecule has 0 fully saturated rings. The zero-order valence-electron chi connectivity index (χ0n) is 11.8. The van der Waals surface area contributed by atoms with Gasteiger partial charge in [-0.15, -0.1) is 0 Å². The van der Waals surface area contributed by atoms with Gasteiger partial charge in [0, 0.05) is 0 Å². The van der Waals surface area contributed by atoms with Crippen molar-refractivity contribution in [3.63, 3.8) is 0 Å². The third kappa shape index (κ3) is 3.45. The minimum absolute atomic E-state index is 0.0997. The monoisotopic (exact) mass is 284 g/mol. The lowest BCUT2D eigenvalue weighted by Crippen LogP contribution is -2.27. The molecule has 0 aliphatic rings. The molecule has 2 aromatic rings. The van der Waals surface area contributed by atoms with Crippen molar-refractivity contribution < 1.29 is 14.7 Å². The molecular weight excluding hydrogens is 268 g/mol. The first-order valence-corrected chi connectivity index (χ1v) is 6.56. The average molecular weight is 284 g/mol. The van der Waals surface area contributed by atoms with Crippen LogP contribution in [-0.4, -0.2) is 22.0 Å². The van der Waals surface area contributed by atoms with Crippen LogP contribution in [0.2, 0.25) is 0 Å². The number of rotatable bonds is 4. The summed E-state index contributed by atoms with van der Waals surface area (Å²) < 4.78 is 0. The Kier molecular flexibility index (Phi) is 4.33. The summed E-state index contributed by atoms with van der Waals surface area (Å²) in [6.45, 7) is 3.45. The molecule has 2 rings (SSSR count). The standard InChI is InChI=1S/C16H16N2O3/c1-10(12-6-4-3-5-7-12)18-15(19)14-9-8-13(16(20)21)11(2)17-14/h3-10H,1-2H3,(H,18,19)(H,20,21). The summed E-state index contributed by atoms with van der Waals surface area (Å²) in [5.74, 6) is -1.38. The van der Waals surface area contributed by atoms with Crippen LogP contribution in [0.4, 0.5) is 0 Å². The molecule has 1 heterocycles. The van der Waals surface area contributed by atoms with Crippen LogP contribution >= 0.6 is 0 Å². The quantitative estimate of drug-likeness (QED) is 0.904. The van der Waals surface area contributed by atoms with Crippen LogP contribution in [0, 0.1) is 6.92 Å². The lowest BCUT2D eigenvalue weighted by molar-refractivity contribution is 0.0694. The van der Waals surface area contributed by atoms with Gasteiger partial charge < -0.3 is 10.4 Å². The summed E-state index contributed by atoms with van der Waals surface area (Å²) in [6, 6.07) is 12.2. The van der Waals surface area contributed by atoms with Gasteiger partial charge in [0.15, 0.2) is 0 Å². The van der Waals surface area contributed by atoms with E-state index >= 15 is 0 Å².